The number of nitrogens with one attached hydrogen (secondary N) is 1. The third kappa shape index (κ3) is 2.03. The van der Waals surface area contributed by atoms with Crippen LogP contribution in [0.1, 0.15) is 5.56 Å². The predicted molar refractivity (Wildman–Crippen MR) is 65.0 cm³/mol. The molecular weight excluding hydrogens is 288 g/mol. The number of amides is 1. The Labute approximate surface area is 105 Å². The second-order valence-electron chi connectivity index (χ2n) is 3.42. The van der Waals surface area contributed by atoms with Crippen LogP contribution in [-0.4, -0.2) is 17.7 Å². The smallest absolute Gasteiger partial charge is 0.261 e. The summed E-state index contributed by atoms with van der Waals surface area (Å²) in [6.07, 6.45) is 0. The van der Waals surface area contributed by atoms with Crippen molar-refractivity contribution in [2.24, 2.45) is 5.18 Å². The maximum atomic E-state index is 11.7. The molecule has 6 heteroatoms. The summed E-state index contributed by atoms with van der Waals surface area (Å²) in [6.45, 7) is 0. The lowest BCUT2D eigenvalue weighted by molar-refractivity contribution is -0.123. The van der Waals surface area contributed by atoms with E-state index < -0.39 is 17.7 Å². The minimum Gasteiger partial charge on any atom is -0.320 e. The van der Waals surface area contributed by atoms with Crippen LogP contribution in [0.5, 0.6) is 0 Å². The first kappa shape index (κ1) is 11.7. The fraction of sp³-hybridized carbons (Fsp3) is 0.0909. The SMILES string of the molecule is O=NC1C(=O)NC(=C(Br)c2ccccc2)C1=O. The summed E-state index contributed by atoms with van der Waals surface area (Å²) in [5.41, 5.74) is 0.813. The maximum absolute atomic E-state index is 11.7. The molecule has 1 heterocycles. The van der Waals surface area contributed by atoms with Crippen LogP contribution in [0.2, 0.25) is 0 Å². The van der Waals surface area contributed by atoms with E-state index in [1.807, 2.05) is 6.07 Å². The average Bonchev–Trinajstić information content (AvgIpc) is 2.64. The zero-order valence-electron chi connectivity index (χ0n) is 8.51. The summed E-state index contributed by atoms with van der Waals surface area (Å²) in [5.74, 6) is -1.30. The highest BCUT2D eigenvalue weighted by Gasteiger charge is 2.40. The van der Waals surface area contributed by atoms with Gasteiger partial charge in [-0.3, -0.25) is 9.59 Å². The molecule has 0 bridgehead atoms. The van der Waals surface area contributed by atoms with Gasteiger partial charge < -0.3 is 5.32 Å². The molecule has 1 atom stereocenters. The summed E-state index contributed by atoms with van der Waals surface area (Å²) in [6, 6.07) is 7.51. The zero-order valence-corrected chi connectivity index (χ0v) is 10.1. The number of ketones is 1. The highest BCUT2D eigenvalue weighted by atomic mass is 79.9. The number of carbonyl (C=O) groups is 2. The van der Waals surface area contributed by atoms with Gasteiger partial charge in [-0.2, -0.15) is 0 Å². The Balaban J connectivity index is 2.44. The number of nitroso groups, excluding NO2 is 1. The first-order valence-corrected chi connectivity index (χ1v) is 5.57. The van der Waals surface area contributed by atoms with Crippen LogP contribution in [0, 0.1) is 4.91 Å². The van der Waals surface area contributed by atoms with Crippen LogP contribution in [0.25, 0.3) is 4.48 Å². The number of carbonyl (C=O) groups excluding carboxylic acids is 2. The molecule has 0 radical (unpaired) electrons. The largest absolute Gasteiger partial charge is 0.320 e. The fourth-order valence-electron chi connectivity index (χ4n) is 1.50. The van der Waals surface area contributed by atoms with E-state index in [-0.39, 0.29) is 5.70 Å². The van der Waals surface area contributed by atoms with E-state index in [1.54, 1.807) is 24.3 Å². The Morgan fingerprint density at radius 1 is 1.24 bits per heavy atom. The molecule has 5 nitrogen and oxygen atoms in total. The number of hydrogen-bond acceptors (Lipinski definition) is 4. The van der Waals surface area contributed by atoms with Crippen molar-refractivity contribution in [1.82, 2.24) is 5.32 Å². The van der Waals surface area contributed by atoms with E-state index in [9.17, 15) is 14.5 Å². The van der Waals surface area contributed by atoms with Crippen molar-refractivity contribution < 1.29 is 9.59 Å². The van der Waals surface area contributed by atoms with Crippen molar-refractivity contribution in [3.05, 3.63) is 46.5 Å². The van der Waals surface area contributed by atoms with Crippen LogP contribution < -0.4 is 5.32 Å². The molecule has 1 amide bonds. The number of rotatable bonds is 2. The number of halogens is 1. The van der Waals surface area contributed by atoms with Gasteiger partial charge in [-0.15, -0.1) is 4.91 Å². The molecule has 0 aromatic heterocycles. The van der Waals surface area contributed by atoms with Crippen LogP contribution in [0.4, 0.5) is 0 Å². The highest BCUT2D eigenvalue weighted by molar-refractivity contribution is 9.15. The summed E-state index contributed by atoms with van der Waals surface area (Å²) in [7, 11) is 0. The predicted octanol–water partition coefficient (Wildman–Crippen LogP) is 1.58. The lowest BCUT2D eigenvalue weighted by Crippen LogP contribution is -2.22. The molecule has 1 unspecified atom stereocenters. The van der Waals surface area contributed by atoms with Gasteiger partial charge in [-0.1, -0.05) is 30.3 Å². The van der Waals surface area contributed by atoms with Crippen LogP contribution >= 0.6 is 15.9 Å². The number of hydrogen-bond donors (Lipinski definition) is 1. The Morgan fingerprint density at radius 2 is 1.88 bits per heavy atom. The summed E-state index contributed by atoms with van der Waals surface area (Å²) in [4.78, 5) is 33.3. The summed E-state index contributed by atoms with van der Waals surface area (Å²) >= 11 is 3.24. The van der Waals surface area contributed by atoms with Crippen LogP contribution in [-0.2, 0) is 9.59 Å². The standard InChI is InChI=1S/C11H7BrN2O3/c12-7(6-4-2-1-3-5-6)8-10(15)9(14-17)11(16)13-8/h1-5,9H,(H,13,16). The third-order valence-electron chi connectivity index (χ3n) is 2.34. The monoisotopic (exact) mass is 294 g/mol. The van der Waals surface area contributed by atoms with Gasteiger partial charge in [0.25, 0.3) is 5.91 Å². The molecule has 1 aliphatic rings. The van der Waals surface area contributed by atoms with Crippen molar-refractivity contribution >= 4 is 32.1 Å². The van der Waals surface area contributed by atoms with Gasteiger partial charge in [0.05, 0.1) is 4.48 Å². The number of nitrogens with zero attached hydrogens (tertiary/aromatic N) is 1. The lowest BCUT2D eigenvalue weighted by atomic mass is 10.1. The number of Topliss-reactive ketones (excluding diaryl/α,β-unsaturated/α-hetero) is 1. The highest BCUT2D eigenvalue weighted by Crippen LogP contribution is 2.27. The van der Waals surface area contributed by atoms with Crippen LogP contribution in [0.15, 0.2) is 41.2 Å². The van der Waals surface area contributed by atoms with Gasteiger partial charge in [-0.05, 0) is 26.7 Å². The molecule has 1 fully saturated rings. The van der Waals surface area contributed by atoms with E-state index in [1.165, 1.54) is 0 Å². The molecule has 2 rings (SSSR count). The molecular formula is C11H7BrN2O3. The first-order valence-electron chi connectivity index (χ1n) is 4.78. The topological polar surface area (TPSA) is 75.6 Å². The zero-order chi connectivity index (χ0) is 12.4. The van der Waals surface area contributed by atoms with E-state index in [0.717, 1.165) is 5.56 Å². The first-order chi connectivity index (χ1) is 8.15. The molecule has 0 spiro atoms. The third-order valence-corrected chi connectivity index (χ3v) is 3.20. The fourth-order valence-corrected chi connectivity index (χ4v) is 2.06. The van der Waals surface area contributed by atoms with Gasteiger partial charge >= 0.3 is 0 Å². The van der Waals surface area contributed by atoms with Crippen molar-refractivity contribution in [3.63, 3.8) is 0 Å². The second kappa shape index (κ2) is 4.58. The molecule has 1 saturated heterocycles. The van der Waals surface area contributed by atoms with E-state index in [0.29, 0.717) is 4.48 Å². The van der Waals surface area contributed by atoms with E-state index >= 15 is 0 Å². The average molecular weight is 295 g/mol. The quantitative estimate of drug-likeness (QED) is 0.511. The summed E-state index contributed by atoms with van der Waals surface area (Å²) < 4.78 is 0.447. The number of benzene rings is 1. The molecule has 1 aromatic rings. The molecule has 0 saturated carbocycles. The van der Waals surface area contributed by atoms with E-state index in [2.05, 4.69) is 26.4 Å². The van der Waals surface area contributed by atoms with Crippen molar-refractivity contribution in [1.29, 1.82) is 0 Å². The Kier molecular flexibility index (Phi) is 3.14. The van der Waals surface area contributed by atoms with Crippen molar-refractivity contribution in [2.45, 2.75) is 6.04 Å². The molecule has 0 aliphatic carbocycles. The minimum absolute atomic E-state index is 0.0748. The Morgan fingerprint density at radius 3 is 2.41 bits per heavy atom. The lowest BCUT2D eigenvalue weighted by Gasteiger charge is -2.02. The van der Waals surface area contributed by atoms with Gasteiger partial charge in [0.15, 0.2) is 0 Å². The van der Waals surface area contributed by atoms with Gasteiger partial charge in [0.1, 0.15) is 5.70 Å². The summed E-state index contributed by atoms with van der Waals surface area (Å²) in [5, 5.41) is 4.86. The molecule has 1 aliphatic heterocycles. The van der Waals surface area contributed by atoms with E-state index in [4.69, 9.17) is 0 Å². The van der Waals surface area contributed by atoms with Crippen molar-refractivity contribution in [2.75, 3.05) is 0 Å². The van der Waals surface area contributed by atoms with Crippen molar-refractivity contribution in [3.8, 4) is 0 Å². The molecule has 17 heavy (non-hydrogen) atoms. The van der Waals surface area contributed by atoms with Gasteiger partial charge in [0, 0.05) is 0 Å². The van der Waals surface area contributed by atoms with Gasteiger partial charge in [0.2, 0.25) is 11.8 Å². The Bertz CT molecular complexity index is 525. The molecule has 86 valence electrons. The maximum Gasteiger partial charge on any atom is 0.261 e. The molecule has 1 N–H and O–H groups in total. The van der Waals surface area contributed by atoms with Crippen LogP contribution in [0.3, 0.4) is 0 Å². The molecule has 1 aromatic carbocycles. The normalized spacial score (nSPS) is 22.3. The minimum atomic E-state index is -1.47. The van der Waals surface area contributed by atoms with Gasteiger partial charge in [-0.25, -0.2) is 0 Å². The second-order valence-corrected chi connectivity index (χ2v) is 4.21. The Hall–Kier alpha value is -1.82.